The molecule has 0 saturated heterocycles. The molecule has 0 spiro atoms. The summed E-state index contributed by atoms with van der Waals surface area (Å²) in [5.74, 6) is 0. The molecule has 1 rings (SSSR count). The molecule has 0 aliphatic rings. The molecule has 0 bridgehead atoms. The van der Waals surface area contributed by atoms with E-state index in [0.717, 1.165) is 12.7 Å². The Kier molecular flexibility index (Phi) is 3.94. The number of thiazole rings is 1. The standard InChI is InChI=1S/C9H13NOS/c1-2-3-4-5-8-6-10-9(7-11)12-8/h6-7H,2-5H2,1H3. The Balaban J connectivity index is 2.36. The van der Waals surface area contributed by atoms with Crippen LogP contribution in [0.1, 0.15) is 40.9 Å². The van der Waals surface area contributed by atoms with E-state index in [1.165, 1.54) is 35.5 Å². The minimum atomic E-state index is 0.599. The van der Waals surface area contributed by atoms with Crippen molar-refractivity contribution in [3.63, 3.8) is 0 Å². The predicted molar refractivity (Wildman–Crippen MR) is 50.7 cm³/mol. The van der Waals surface area contributed by atoms with E-state index < -0.39 is 0 Å². The molecule has 1 aromatic rings. The number of nitrogens with zero attached hydrogens (tertiary/aromatic N) is 1. The lowest BCUT2D eigenvalue weighted by Gasteiger charge is -1.92. The van der Waals surface area contributed by atoms with Crippen LogP contribution < -0.4 is 0 Å². The van der Waals surface area contributed by atoms with Crippen LogP contribution in [0.3, 0.4) is 0 Å². The summed E-state index contributed by atoms with van der Waals surface area (Å²) in [6.45, 7) is 2.18. The van der Waals surface area contributed by atoms with Gasteiger partial charge in [0.15, 0.2) is 11.3 Å². The summed E-state index contributed by atoms with van der Waals surface area (Å²) >= 11 is 1.50. The van der Waals surface area contributed by atoms with Crippen molar-refractivity contribution in [2.45, 2.75) is 32.6 Å². The van der Waals surface area contributed by atoms with Gasteiger partial charge in [0.1, 0.15) is 0 Å². The summed E-state index contributed by atoms with van der Waals surface area (Å²) in [4.78, 5) is 15.5. The molecular formula is C9H13NOS. The Morgan fingerprint density at radius 1 is 1.58 bits per heavy atom. The second-order valence-electron chi connectivity index (χ2n) is 2.74. The molecule has 1 aromatic heterocycles. The zero-order valence-electron chi connectivity index (χ0n) is 7.25. The minimum absolute atomic E-state index is 0.599. The van der Waals surface area contributed by atoms with E-state index in [0.29, 0.717) is 5.01 Å². The minimum Gasteiger partial charge on any atom is -0.295 e. The van der Waals surface area contributed by atoms with E-state index in [1.54, 1.807) is 0 Å². The smallest absolute Gasteiger partial charge is 0.178 e. The third-order valence-corrected chi connectivity index (χ3v) is 2.68. The van der Waals surface area contributed by atoms with E-state index in [-0.39, 0.29) is 0 Å². The third-order valence-electron chi connectivity index (χ3n) is 1.70. The fraction of sp³-hybridized carbons (Fsp3) is 0.556. The Morgan fingerprint density at radius 3 is 3.00 bits per heavy atom. The van der Waals surface area contributed by atoms with Gasteiger partial charge in [-0.1, -0.05) is 19.8 Å². The number of aromatic nitrogens is 1. The molecule has 0 saturated carbocycles. The van der Waals surface area contributed by atoms with Crippen LogP contribution in [-0.2, 0) is 6.42 Å². The van der Waals surface area contributed by atoms with E-state index in [2.05, 4.69) is 11.9 Å². The van der Waals surface area contributed by atoms with E-state index >= 15 is 0 Å². The van der Waals surface area contributed by atoms with Crippen molar-refractivity contribution in [3.05, 3.63) is 16.1 Å². The summed E-state index contributed by atoms with van der Waals surface area (Å²) in [5, 5.41) is 0.599. The first-order valence-electron chi connectivity index (χ1n) is 4.26. The van der Waals surface area contributed by atoms with E-state index in [9.17, 15) is 4.79 Å². The normalized spacial score (nSPS) is 10.1. The van der Waals surface area contributed by atoms with Crippen molar-refractivity contribution in [3.8, 4) is 0 Å². The van der Waals surface area contributed by atoms with Crippen LogP contribution in [0.25, 0.3) is 0 Å². The van der Waals surface area contributed by atoms with Crippen molar-refractivity contribution < 1.29 is 4.79 Å². The highest BCUT2D eigenvalue weighted by Gasteiger charge is 1.99. The first-order valence-corrected chi connectivity index (χ1v) is 5.08. The zero-order valence-corrected chi connectivity index (χ0v) is 8.06. The number of carbonyl (C=O) groups excluding carboxylic acids is 1. The Labute approximate surface area is 76.6 Å². The van der Waals surface area contributed by atoms with Gasteiger partial charge in [-0.05, 0) is 12.8 Å². The Morgan fingerprint density at radius 2 is 2.42 bits per heavy atom. The molecule has 0 N–H and O–H groups in total. The van der Waals surface area contributed by atoms with Crippen LogP contribution in [0.2, 0.25) is 0 Å². The molecule has 0 atom stereocenters. The summed E-state index contributed by atoms with van der Waals surface area (Å²) in [6, 6.07) is 0. The summed E-state index contributed by atoms with van der Waals surface area (Å²) in [6.07, 6.45) is 7.39. The topological polar surface area (TPSA) is 30.0 Å². The quantitative estimate of drug-likeness (QED) is 0.519. The Hall–Kier alpha value is -0.700. The molecule has 0 aliphatic carbocycles. The van der Waals surface area contributed by atoms with Crippen LogP contribution in [0.15, 0.2) is 6.20 Å². The number of hydrogen-bond acceptors (Lipinski definition) is 3. The van der Waals surface area contributed by atoms with E-state index in [4.69, 9.17) is 0 Å². The van der Waals surface area contributed by atoms with Gasteiger partial charge in [0.25, 0.3) is 0 Å². The van der Waals surface area contributed by atoms with Crippen molar-refractivity contribution in [1.82, 2.24) is 4.98 Å². The second kappa shape index (κ2) is 5.04. The molecule has 0 aromatic carbocycles. The first-order chi connectivity index (χ1) is 5.86. The van der Waals surface area contributed by atoms with Gasteiger partial charge < -0.3 is 0 Å². The molecule has 12 heavy (non-hydrogen) atoms. The molecular weight excluding hydrogens is 170 g/mol. The summed E-state index contributed by atoms with van der Waals surface area (Å²) in [7, 11) is 0. The molecule has 0 radical (unpaired) electrons. The SMILES string of the molecule is CCCCCc1cnc(C=O)s1. The van der Waals surface area contributed by atoms with Gasteiger partial charge in [-0.3, -0.25) is 4.79 Å². The maximum Gasteiger partial charge on any atom is 0.178 e. The molecule has 0 aliphatic heterocycles. The van der Waals surface area contributed by atoms with Crippen molar-refractivity contribution >= 4 is 17.6 Å². The molecule has 0 amide bonds. The molecule has 3 heteroatoms. The number of hydrogen-bond donors (Lipinski definition) is 0. The molecule has 1 heterocycles. The Bertz CT molecular complexity index is 244. The number of aryl methyl sites for hydroxylation is 1. The van der Waals surface area contributed by atoms with E-state index in [1.807, 2.05) is 6.20 Å². The monoisotopic (exact) mass is 183 g/mol. The van der Waals surface area contributed by atoms with Crippen LogP contribution in [-0.4, -0.2) is 11.3 Å². The van der Waals surface area contributed by atoms with Crippen LogP contribution >= 0.6 is 11.3 Å². The molecule has 0 unspecified atom stereocenters. The highest BCUT2D eigenvalue weighted by atomic mass is 32.1. The van der Waals surface area contributed by atoms with Crippen molar-refractivity contribution in [2.75, 3.05) is 0 Å². The lowest BCUT2D eigenvalue weighted by molar-refractivity contribution is 0.112. The lowest BCUT2D eigenvalue weighted by atomic mass is 10.2. The number of unbranched alkanes of at least 4 members (excludes halogenated alkanes) is 2. The molecule has 0 fully saturated rings. The van der Waals surface area contributed by atoms with Crippen molar-refractivity contribution in [2.24, 2.45) is 0 Å². The van der Waals surface area contributed by atoms with Gasteiger partial charge in [-0.15, -0.1) is 11.3 Å². The fourth-order valence-corrected chi connectivity index (χ4v) is 1.82. The van der Waals surface area contributed by atoms with Gasteiger partial charge in [0.05, 0.1) is 0 Å². The molecule has 66 valence electrons. The van der Waals surface area contributed by atoms with Gasteiger partial charge in [-0.25, -0.2) is 4.98 Å². The third kappa shape index (κ3) is 2.74. The zero-order chi connectivity index (χ0) is 8.81. The van der Waals surface area contributed by atoms with Crippen LogP contribution in [0.4, 0.5) is 0 Å². The van der Waals surface area contributed by atoms with Crippen LogP contribution in [0.5, 0.6) is 0 Å². The highest BCUT2D eigenvalue weighted by molar-refractivity contribution is 7.13. The second-order valence-corrected chi connectivity index (χ2v) is 3.89. The summed E-state index contributed by atoms with van der Waals surface area (Å²) < 4.78 is 0. The van der Waals surface area contributed by atoms with Crippen LogP contribution in [0, 0.1) is 0 Å². The number of rotatable bonds is 5. The van der Waals surface area contributed by atoms with Gasteiger partial charge in [-0.2, -0.15) is 0 Å². The fourth-order valence-electron chi connectivity index (χ4n) is 1.04. The largest absolute Gasteiger partial charge is 0.295 e. The number of aldehydes is 1. The average molecular weight is 183 g/mol. The summed E-state index contributed by atoms with van der Waals surface area (Å²) in [5.41, 5.74) is 0. The van der Waals surface area contributed by atoms with Gasteiger partial charge in [0.2, 0.25) is 0 Å². The lowest BCUT2D eigenvalue weighted by Crippen LogP contribution is -1.79. The maximum atomic E-state index is 10.3. The maximum absolute atomic E-state index is 10.3. The first kappa shape index (κ1) is 9.39. The highest BCUT2D eigenvalue weighted by Crippen LogP contribution is 2.14. The average Bonchev–Trinajstić information content (AvgIpc) is 2.53. The molecule has 2 nitrogen and oxygen atoms in total. The van der Waals surface area contributed by atoms with Gasteiger partial charge in [0, 0.05) is 11.1 Å². The number of carbonyl (C=O) groups is 1. The predicted octanol–water partition coefficient (Wildman–Crippen LogP) is 2.69. The van der Waals surface area contributed by atoms with Crippen molar-refractivity contribution in [1.29, 1.82) is 0 Å². The van der Waals surface area contributed by atoms with Gasteiger partial charge >= 0.3 is 0 Å².